The van der Waals surface area contributed by atoms with E-state index in [1.165, 1.54) is 0 Å². The topological polar surface area (TPSA) is 88.9 Å². The second kappa shape index (κ2) is 7.27. The lowest BCUT2D eigenvalue weighted by Crippen LogP contribution is -2.28. The van der Waals surface area contributed by atoms with Gasteiger partial charge in [0.05, 0.1) is 18.3 Å². The number of fused-ring (bicyclic) bond motifs is 1. The van der Waals surface area contributed by atoms with E-state index in [0.29, 0.717) is 22.4 Å². The van der Waals surface area contributed by atoms with Crippen LogP contribution in [0, 0.1) is 0 Å². The van der Waals surface area contributed by atoms with E-state index in [1.54, 1.807) is 4.68 Å². The average Bonchev–Trinajstić information content (AvgIpc) is 3.02. The summed E-state index contributed by atoms with van der Waals surface area (Å²) in [6.07, 6.45) is 1.76. The van der Waals surface area contributed by atoms with Gasteiger partial charge in [-0.2, -0.15) is 4.98 Å². The highest BCUT2D eigenvalue weighted by Crippen LogP contribution is 2.38. The molecule has 2 atom stereocenters. The number of sulfonamides is 1. The quantitative estimate of drug-likeness (QED) is 0.640. The summed E-state index contributed by atoms with van der Waals surface area (Å²) in [6.45, 7) is 0. The number of halogens is 2. The van der Waals surface area contributed by atoms with Crippen LogP contribution in [-0.4, -0.2) is 29.4 Å². The molecule has 3 aromatic rings. The third-order valence-electron chi connectivity index (χ3n) is 4.49. The van der Waals surface area contributed by atoms with Crippen molar-refractivity contribution in [3.8, 4) is 0 Å². The zero-order valence-corrected chi connectivity index (χ0v) is 17.1. The molecule has 0 amide bonds. The van der Waals surface area contributed by atoms with Gasteiger partial charge in [-0.15, -0.1) is 5.10 Å². The number of rotatable bonds is 4. The summed E-state index contributed by atoms with van der Waals surface area (Å²) in [6, 6.07) is 14.9. The van der Waals surface area contributed by atoms with Gasteiger partial charge in [0.25, 0.3) is 5.95 Å². The minimum Gasteiger partial charge on any atom is -0.347 e. The van der Waals surface area contributed by atoms with Gasteiger partial charge in [0, 0.05) is 10.0 Å². The number of nitrogens with one attached hydrogen (secondary N) is 2. The lowest BCUT2D eigenvalue weighted by molar-refractivity contribution is 0.431. The molecule has 1 aliphatic heterocycles. The number of hydrogen-bond acceptors (Lipinski definition) is 5. The number of aromatic nitrogens is 3. The van der Waals surface area contributed by atoms with Gasteiger partial charge in [-0.1, -0.05) is 47.5 Å². The fourth-order valence-electron chi connectivity index (χ4n) is 3.26. The largest absolute Gasteiger partial charge is 0.347 e. The second-order valence-corrected chi connectivity index (χ2v) is 9.25. The van der Waals surface area contributed by atoms with Crippen LogP contribution >= 0.6 is 23.2 Å². The molecule has 10 heteroatoms. The summed E-state index contributed by atoms with van der Waals surface area (Å²) in [5.41, 5.74) is 2.05. The van der Waals surface area contributed by atoms with Gasteiger partial charge in [0.2, 0.25) is 16.0 Å². The summed E-state index contributed by atoms with van der Waals surface area (Å²) < 4.78 is 27.2. The number of benzene rings is 2. The maximum absolute atomic E-state index is 11.6. The molecule has 2 N–H and O–H groups in total. The molecule has 0 radical (unpaired) electrons. The summed E-state index contributed by atoms with van der Waals surface area (Å²) in [5, 5.41) is 9.00. The molecule has 7 nitrogen and oxygen atoms in total. The molecule has 4 rings (SSSR count). The molecule has 0 unspecified atom stereocenters. The van der Waals surface area contributed by atoms with Gasteiger partial charge in [-0.05, 0) is 41.8 Å². The highest BCUT2D eigenvalue weighted by atomic mass is 35.5. The van der Waals surface area contributed by atoms with Gasteiger partial charge >= 0.3 is 0 Å². The van der Waals surface area contributed by atoms with Crippen molar-refractivity contribution in [3.63, 3.8) is 0 Å². The van der Waals surface area contributed by atoms with Crippen LogP contribution in [0.25, 0.3) is 0 Å². The molecule has 2 heterocycles. The number of nitrogens with zero attached hydrogens (tertiary/aromatic N) is 3. The Labute approximate surface area is 172 Å². The molecule has 28 heavy (non-hydrogen) atoms. The van der Waals surface area contributed by atoms with Crippen LogP contribution < -0.4 is 10.0 Å². The van der Waals surface area contributed by atoms with Crippen molar-refractivity contribution in [2.75, 3.05) is 16.3 Å². The van der Waals surface area contributed by atoms with Crippen molar-refractivity contribution in [2.24, 2.45) is 0 Å². The first-order chi connectivity index (χ1) is 13.3. The number of anilines is 2. The third kappa shape index (κ3) is 4.09. The van der Waals surface area contributed by atoms with E-state index in [9.17, 15) is 8.42 Å². The lowest BCUT2D eigenvalue weighted by atomic mass is 9.93. The SMILES string of the molecule is CS(=O)(=O)Nc1nc2n(n1)[C@H](c1ccc(Cl)cc1)C[C@@H](c1ccc(Cl)cc1)N2. The smallest absolute Gasteiger partial charge is 0.257 e. The van der Waals surface area contributed by atoms with E-state index in [0.717, 1.165) is 17.4 Å². The van der Waals surface area contributed by atoms with Gasteiger partial charge < -0.3 is 5.32 Å². The summed E-state index contributed by atoms with van der Waals surface area (Å²) in [7, 11) is -3.48. The fraction of sp³-hybridized carbons (Fsp3) is 0.222. The monoisotopic (exact) mass is 437 g/mol. The number of hydrogen-bond donors (Lipinski definition) is 2. The van der Waals surface area contributed by atoms with Gasteiger partial charge in [-0.25, -0.2) is 13.1 Å². The van der Waals surface area contributed by atoms with E-state index in [-0.39, 0.29) is 18.0 Å². The van der Waals surface area contributed by atoms with Crippen molar-refractivity contribution >= 4 is 45.1 Å². The molecule has 0 aliphatic carbocycles. The Kier molecular flexibility index (Phi) is 4.95. The normalized spacial score (nSPS) is 19.0. The molecule has 2 aromatic carbocycles. The fourth-order valence-corrected chi connectivity index (χ4v) is 3.93. The van der Waals surface area contributed by atoms with Crippen LogP contribution in [0.1, 0.15) is 29.6 Å². The van der Waals surface area contributed by atoms with Crippen LogP contribution in [0.5, 0.6) is 0 Å². The van der Waals surface area contributed by atoms with E-state index < -0.39 is 10.0 Å². The van der Waals surface area contributed by atoms with E-state index >= 15 is 0 Å². The lowest BCUT2D eigenvalue weighted by Gasteiger charge is -2.31. The minimum absolute atomic E-state index is 0.0284. The molecule has 1 aliphatic rings. The molecular formula is C18H17Cl2N5O2S. The first-order valence-electron chi connectivity index (χ1n) is 8.50. The Bertz CT molecular complexity index is 1100. The van der Waals surface area contributed by atoms with Crippen LogP contribution in [0.3, 0.4) is 0 Å². The first kappa shape index (κ1) is 19.0. The van der Waals surface area contributed by atoms with Crippen molar-refractivity contribution in [1.29, 1.82) is 0 Å². The van der Waals surface area contributed by atoms with Gasteiger partial charge in [-0.3, -0.25) is 4.72 Å². The predicted octanol–water partition coefficient (Wildman–Crippen LogP) is 4.10. The predicted molar refractivity (Wildman–Crippen MR) is 111 cm³/mol. The van der Waals surface area contributed by atoms with Crippen LogP contribution in [0.15, 0.2) is 48.5 Å². The minimum atomic E-state index is -3.48. The van der Waals surface area contributed by atoms with E-state index in [4.69, 9.17) is 23.2 Å². The van der Waals surface area contributed by atoms with E-state index in [2.05, 4.69) is 20.1 Å². The Morgan fingerprint density at radius 1 is 1.04 bits per heavy atom. The maximum Gasteiger partial charge on any atom is 0.257 e. The van der Waals surface area contributed by atoms with Crippen molar-refractivity contribution in [3.05, 3.63) is 69.7 Å². The van der Waals surface area contributed by atoms with Crippen LogP contribution in [0.2, 0.25) is 10.0 Å². The van der Waals surface area contributed by atoms with Gasteiger partial charge in [0.15, 0.2) is 0 Å². The highest BCUT2D eigenvalue weighted by Gasteiger charge is 2.31. The molecule has 146 valence electrons. The second-order valence-electron chi connectivity index (χ2n) is 6.63. The van der Waals surface area contributed by atoms with E-state index in [1.807, 2.05) is 48.5 Å². The molecule has 0 fully saturated rings. The highest BCUT2D eigenvalue weighted by molar-refractivity contribution is 7.91. The summed E-state index contributed by atoms with van der Waals surface area (Å²) in [5.74, 6) is 0.512. The average molecular weight is 438 g/mol. The van der Waals surface area contributed by atoms with Crippen molar-refractivity contribution in [2.45, 2.75) is 18.5 Å². The zero-order chi connectivity index (χ0) is 19.9. The summed E-state index contributed by atoms with van der Waals surface area (Å²) >= 11 is 12.0. The zero-order valence-electron chi connectivity index (χ0n) is 14.8. The molecule has 1 aromatic heterocycles. The van der Waals surface area contributed by atoms with Crippen LogP contribution in [-0.2, 0) is 10.0 Å². The van der Waals surface area contributed by atoms with Crippen molar-refractivity contribution < 1.29 is 8.42 Å². The van der Waals surface area contributed by atoms with Crippen LogP contribution in [0.4, 0.5) is 11.9 Å². The maximum atomic E-state index is 11.6. The molecular weight excluding hydrogens is 421 g/mol. The van der Waals surface area contributed by atoms with Gasteiger partial charge in [0.1, 0.15) is 0 Å². The Hall–Kier alpha value is -2.29. The third-order valence-corrected chi connectivity index (χ3v) is 5.55. The molecule has 0 saturated carbocycles. The summed E-state index contributed by atoms with van der Waals surface area (Å²) in [4.78, 5) is 4.32. The first-order valence-corrected chi connectivity index (χ1v) is 11.1. The standard InChI is InChI=1S/C18H17Cl2N5O2S/c1-28(26,27)24-17-22-18-21-15(11-2-6-13(19)7-3-11)10-16(25(18)23-17)12-4-8-14(20)9-5-12/h2-9,15-16H,10H2,1H3,(H2,21,22,23,24)/t15-,16-/m0/s1. The Morgan fingerprint density at radius 2 is 1.61 bits per heavy atom. The Morgan fingerprint density at radius 3 is 2.18 bits per heavy atom. The van der Waals surface area contributed by atoms with Crippen molar-refractivity contribution in [1.82, 2.24) is 14.8 Å². The Balaban J connectivity index is 1.75. The molecule has 0 saturated heterocycles. The molecule has 0 bridgehead atoms. The molecule has 0 spiro atoms.